The Hall–Kier alpha value is -1.13. The summed E-state index contributed by atoms with van der Waals surface area (Å²) in [6.07, 6.45) is 1.04. The highest BCUT2D eigenvalue weighted by Gasteiger charge is 2.01. The number of rotatable bonds is 9. The molecule has 0 spiro atoms. The van der Waals surface area contributed by atoms with Crippen molar-refractivity contribution in [2.75, 3.05) is 26.4 Å². The third kappa shape index (κ3) is 5.98. The molecule has 18 heavy (non-hydrogen) atoms. The fourth-order valence-corrected chi connectivity index (χ4v) is 1.60. The summed E-state index contributed by atoms with van der Waals surface area (Å²) in [5.41, 5.74) is 2.18. The second-order valence-electron chi connectivity index (χ2n) is 4.20. The maximum absolute atomic E-state index is 5.59. The highest BCUT2D eigenvalue weighted by molar-refractivity contribution is 5.24. The van der Waals surface area contributed by atoms with Crippen molar-refractivity contribution in [2.24, 2.45) is 0 Å². The van der Waals surface area contributed by atoms with Crippen LogP contribution in [0.25, 0.3) is 0 Å². The molecule has 102 valence electrons. The molecule has 1 aromatic rings. The number of aryl methyl sites for hydroxylation is 1. The van der Waals surface area contributed by atoms with Gasteiger partial charge in [0, 0.05) is 24.9 Å². The van der Waals surface area contributed by atoms with E-state index in [-0.39, 0.29) is 0 Å². The van der Waals surface area contributed by atoms with Gasteiger partial charge in [-0.3, -0.25) is 0 Å². The highest BCUT2D eigenvalue weighted by Crippen LogP contribution is 2.12. The Bertz CT molecular complexity index is 343. The maximum Gasteiger partial charge on any atom is 0.213 e. The van der Waals surface area contributed by atoms with Crippen LogP contribution in [0.3, 0.4) is 0 Å². The van der Waals surface area contributed by atoms with E-state index in [0.29, 0.717) is 19.1 Å². The van der Waals surface area contributed by atoms with E-state index in [1.54, 1.807) is 0 Å². The zero-order chi connectivity index (χ0) is 13.2. The number of ether oxygens (including phenoxy) is 2. The first-order valence-corrected chi connectivity index (χ1v) is 6.65. The minimum atomic E-state index is 0.553. The monoisotopic (exact) mass is 252 g/mol. The Morgan fingerprint density at radius 2 is 2.00 bits per heavy atom. The molecule has 0 atom stereocenters. The van der Waals surface area contributed by atoms with Gasteiger partial charge >= 0.3 is 0 Å². The number of pyridine rings is 1. The van der Waals surface area contributed by atoms with E-state index < -0.39 is 0 Å². The minimum absolute atomic E-state index is 0.553. The minimum Gasteiger partial charge on any atom is -0.475 e. The van der Waals surface area contributed by atoms with Crippen molar-refractivity contribution >= 4 is 0 Å². The number of hydrogen-bond donors (Lipinski definition) is 1. The van der Waals surface area contributed by atoms with Crippen LogP contribution in [0.2, 0.25) is 0 Å². The molecule has 1 N–H and O–H groups in total. The van der Waals surface area contributed by atoms with E-state index in [4.69, 9.17) is 9.47 Å². The number of hydrogen-bond acceptors (Lipinski definition) is 4. The second-order valence-corrected chi connectivity index (χ2v) is 4.20. The van der Waals surface area contributed by atoms with Crippen LogP contribution in [0.15, 0.2) is 12.1 Å². The predicted molar refractivity (Wildman–Crippen MR) is 73.0 cm³/mol. The second kappa shape index (κ2) is 8.89. The van der Waals surface area contributed by atoms with E-state index in [0.717, 1.165) is 31.8 Å². The summed E-state index contributed by atoms with van der Waals surface area (Å²) in [4.78, 5) is 4.35. The Balaban J connectivity index is 2.41. The Labute approximate surface area is 110 Å². The van der Waals surface area contributed by atoms with Crippen LogP contribution in [-0.4, -0.2) is 31.3 Å². The van der Waals surface area contributed by atoms with Crippen molar-refractivity contribution in [3.63, 3.8) is 0 Å². The average molecular weight is 252 g/mol. The first-order chi connectivity index (χ1) is 8.76. The average Bonchev–Trinajstić information content (AvgIpc) is 2.35. The van der Waals surface area contributed by atoms with Gasteiger partial charge in [-0.25, -0.2) is 4.98 Å². The molecule has 0 unspecified atom stereocenters. The largest absolute Gasteiger partial charge is 0.475 e. The van der Waals surface area contributed by atoms with Crippen LogP contribution < -0.4 is 10.1 Å². The zero-order valence-electron chi connectivity index (χ0n) is 11.7. The lowest BCUT2D eigenvalue weighted by molar-refractivity contribution is 0.0989. The normalized spacial score (nSPS) is 10.6. The Morgan fingerprint density at radius 3 is 2.72 bits per heavy atom. The van der Waals surface area contributed by atoms with Crippen LogP contribution in [0.4, 0.5) is 0 Å². The summed E-state index contributed by atoms with van der Waals surface area (Å²) < 4.78 is 11.0. The topological polar surface area (TPSA) is 43.4 Å². The molecule has 0 aliphatic heterocycles. The van der Waals surface area contributed by atoms with Crippen molar-refractivity contribution < 1.29 is 9.47 Å². The molecule has 0 aromatic carbocycles. The molecule has 0 amide bonds. The molecule has 4 nitrogen and oxygen atoms in total. The van der Waals surface area contributed by atoms with E-state index in [1.807, 2.05) is 13.0 Å². The number of nitrogens with zero attached hydrogens (tertiary/aromatic N) is 1. The summed E-state index contributed by atoms with van der Waals surface area (Å²) in [6.45, 7) is 9.94. The fourth-order valence-electron chi connectivity index (χ4n) is 1.60. The summed E-state index contributed by atoms with van der Waals surface area (Å²) in [6, 6.07) is 4.05. The molecule has 0 bridgehead atoms. The van der Waals surface area contributed by atoms with Gasteiger partial charge in [0.1, 0.15) is 6.61 Å². The fraction of sp³-hybridized carbons (Fsp3) is 0.643. The van der Waals surface area contributed by atoms with E-state index >= 15 is 0 Å². The molecule has 0 saturated carbocycles. The van der Waals surface area contributed by atoms with Gasteiger partial charge in [0.25, 0.3) is 0 Å². The molecular formula is C14H24N2O2. The number of nitrogens with one attached hydrogen (secondary N) is 1. The van der Waals surface area contributed by atoms with Gasteiger partial charge in [0.2, 0.25) is 5.88 Å². The van der Waals surface area contributed by atoms with Crippen LogP contribution in [-0.2, 0) is 11.3 Å². The van der Waals surface area contributed by atoms with Crippen molar-refractivity contribution in [3.05, 3.63) is 23.4 Å². The first kappa shape index (κ1) is 14.9. The quantitative estimate of drug-likeness (QED) is 0.685. The molecule has 1 aromatic heterocycles. The van der Waals surface area contributed by atoms with E-state index in [1.165, 1.54) is 5.56 Å². The van der Waals surface area contributed by atoms with E-state index in [9.17, 15) is 0 Å². The molecule has 0 saturated heterocycles. The van der Waals surface area contributed by atoms with Crippen molar-refractivity contribution in [1.29, 1.82) is 0 Å². The summed E-state index contributed by atoms with van der Waals surface area (Å²) in [7, 11) is 0. The molecule has 1 heterocycles. The third-order valence-corrected chi connectivity index (χ3v) is 2.39. The van der Waals surface area contributed by atoms with Gasteiger partial charge in [-0.1, -0.05) is 13.8 Å². The van der Waals surface area contributed by atoms with Gasteiger partial charge in [-0.05, 0) is 31.5 Å². The molecule has 0 radical (unpaired) electrons. The SMILES string of the molecule is CCCOCCOc1cc(CNCC)cc(C)n1. The van der Waals surface area contributed by atoms with Gasteiger partial charge < -0.3 is 14.8 Å². The highest BCUT2D eigenvalue weighted by atomic mass is 16.5. The van der Waals surface area contributed by atoms with Crippen molar-refractivity contribution in [3.8, 4) is 5.88 Å². The lowest BCUT2D eigenvalue weighted by atomic mass is 10.2. The summed E-state index contributed by atoms with van der Waals surface area (Å²) in [5, 5.41) is 3.29. The predicted octanol–water partition coefficient (Wildman–Crippen LogP) is 2.30. The van der Waals surface area contributed by atoms with Crippen molar-refractivity contribution in [1.82, 2.24) is 10.3 Å². The summed E-state index contributed by atoms with van der Waals surface area (Å²) in [5.74, 6) is 0.683. The molecule has 1 rings (SSSR count). The molecule has 0 aliphatic rings. The Morgan fingerprint density at radius 1 is 1.17 bits per heavy atom. The van der Waals surface area contributed by atoms with Crippen LogP contribution in [0.5, 0.6) is 5.88 Å². The van der Waals surface area contributed by atoms with Gasteiger partial charge in [-0.15, -0.1) is 0 Å². The molecule has 0 aliphatic carbocycles. The first-order valence-electron chi connectivity index (χ1n) is 6.65. The zero-order valence-corrected chi connectivity index (χ0v) is 11.7. The van der Waals surface area contributed by atoms with Gasteiger partial charge in [0.05, 0.1) is 6.61 Å². The molecule has 0 fully saturated rings. The standard InChI is InChI=1S/C14H24N2O2/c1-4-6-17-7-8-18-14-10-13(11-15-5-2)9-12(3)16-14/h9-10,15H,4-8,11H2,1-3H3. The smallest absolute Gasteiger partial charge is 0.213 e. The van der Waals surface area contributed by atoms with Crippen LogP contribution >= 0.6 is 0 Å². The van der Waals surface area contributed by atoms with Crippen LogP contribution in [0.1, 0.15) is 31.5 Å². The van der Waals surface area contributed by atoms with E-state index in [2.05, 4.69) is 30.2 Å². The van der Waals surface area contributed by atoms with Crippen LogP contribution in [0, 0.1) is 6.92 Å². The van der Waals surface area contributed by atoms with Crippen molar-refractivity contribution in [2.45, 2.75) is 33.7 Å². The van der Waals surface area contributed by atoms with Gasteiger partial charge in [-0.2, -0.15) is 0 Å². The molecule has 4 heteroatoms. The van der Waals surface area contributed by atoms with Gasteiger partial charge in [0.15, 0.2) is 0 Å². The summed E-state index contributed by atoms with van der Waals surface area (Å²) >= 11 is 0. The lowest BCUT2D eigenvalue weighted by Crippen LogP contribution is -2.13. The maximum atomic E-state index is 5.59. The number of aromatic nitrogens is 1. The molecular weight excluding hydrogens is 228 g/mol. The lowest BCUT2D eigenvalue weighted by Gasteiger charge is -2.09. The third-order valence-electron chi connectivity index (χ3n) is 2.39. The Kier molecular flexibility index (Phi) is 7.37.